The van der Waals surface area contributed by atoms with E-state index in [2.05, 4.69) is 37.6 Å². The fourth-order valence-electron chi connectivity index (χ4n) is 4.03. The lowest BCUT2D eigenvalue weighted by atomic mass is 9.92. The van der Waals surface area contributed by atoms with E-state index in [1.807, 2.05) is 24.4 Å². The molecule has 0 radical (unpaired) electrons. The van der Waals surface area contributed by atoms with Gasteiger partial charge in [0.25, 0.3) is 0 Å². The van der Waals surface area contributed by atoms with Crippen LogP contribution in [0.5, 0.6) is 0 Å². The van der Waals surface area contributed by atoms with Crippen molar-refractivity contribution in [1.29, 1.82) is 0 Å². The molecule has 8 heteroatoms. The number of hydrogen-bond donors (Lipinski definition) is 1. The standard InChI is InChI=1S/C19H27N5O.2ClH/c1-15-12-16(5-6-20-15)19(25)23-10-8-22(9-11-23)13-17-14-24-7-3-2-4-18(24)21-17;;/h2-4,7,14-16,20H,5-6,8-13H2,1H3;2*1H/t15-,16-;;/m0../s1. The number of amides is 1. The smallest absolute Gasteiger partial charge is 0.225 e. The fraction of sp³-hybridized carbons (Fsp3) is 0.579. The summed E-state index contributed by atoms with van der Waals surface area (Å²) in [5.74, 6) is 0.571. The number of fused-ring (bicyclic) bond motifs is 1. The van der Waals surface area contributed by atoms with Gasteiger partial charge in [-0.1, -0.05) is 6.07 Å². The predicted octanol–water partition coefficient (Wildman–Crippen LogP) is 2.21. The van der Waals surface area contributed by atoms with Crippen molar-refractivity contribution in [2.75, 3.05) is 32.7 Å². The molecule has 1 amide bonds. The lowest BCUT2D eigenvalue weighted by Crippen LogP contribution is -2.51. The minimum absolute atomic E-state index is 0. The molecule has 1 N–H and O–H groups in total. The molecule has 2 atom stereocenters. The summed E-state index contributed by atoms with van der Waals surface area (Å²) in [4.78, 5) is 21.9. The molecule has 2 aromatic heterocycles. The molecule has 2 aromatic rings. The van der Waals surface area contributed by atoms with Crippen molar-refractivity contribution in [1.82, 2.24) is 24.5 Å². The lowest BCUT2D eigenvalue weighted by Gasteiger charge is -2.37. The molecule has 2 saturated heterocycles. The second-order valence-corrected chi connectivity index (χ2v) is 7.38. The van der Waals surface area contributed by atoms with Crippen molar-refractivity contribution < 1.29 is 4.79 Å². The molecular weight excluding hydrogens is 385 g/mol. The summed E-state index contributed by atoms with van der Waals surface area (Å²) in [6.07, 6.45) is 6.08. The molecule has 0 bridgehead atoms. The van der Waals surface area contributed by atoms with Gasteiger partial charge in [0.2, 0.25) is 5.91 Å². The number of nitrogens with one attached hydrogen (secondary N) is 1. The molecule has 27 heavy (non-hydrogen) atoms. The Hall–Kier alpha value is -1.34. The van der Waals surface area contributed by atoms with Gasteiger partial charge in [-0.2, -0.15) is 0 Å². The van der Waals surface area contributed by atoms with Gasteiger partial charge in [-0.05, 0) is 38.4 Å². The third kappa shape index (κ3) is 5.13. The number of piperidine rings is 1. The average Bonchev–Trinajstić information content (AvgIpc) is 3.04. The topological polar surface area (TPSA) is 52.9 Å². The highest BCUT2D eigenvalue weighted by Gasteiger charge is 2.30. The van der Waals surface area contributed by atoms with Crippen LogP contribution >= 0.6 is 24.8 Å². The molecular formula is C19H29Cl2N5O. The van der Waals surface area contributed by atoms with E-state index in [9.17, 15) is 4.79 Å². The Bertz CT molecular complexity index is 712. The number of imidazole rings is 1. The van der Waals surface area contributed by atoms with E-state index in [0.29, 0.717) is 11.9 Å². The predicted molar refractivity (Wildman–Crippen MR) is 112 cm³/mol. The van der Waals surface area contributed by atoms with Crippen molar-refractivity contribution in [3.05, 3.63) is 36.3 Å². The van der Waals surface area contributed by atoms with Crippen LogP contribution in [0.2, 0.25) is 0 Å². The van der Waals surface area contributed by atoms with E-state index in [-0.39, 0.29) is 30.7 Å². The summed E-state index contributed by atoms with van der Waals surface area (Å²) in [7, 11) is 0. The van der Waals surface area contributed by atoms with Crippen LogP contribution in [0.1, 0.15) is 25.5 Å². The van der Waals surface area contributed by atoms with Crippen LogP contribution in [0, 0.1) is 5.92 Å². The zero-order valence-electron chi connectivity index (χ0n) is 15.7. The monoisotopic (exact) mass is 413 g/mol. The van der Waals surface area contributed by atoms with Crippen LogP contribution in [0.4, 0.5) is 0 Å². The van der Waals surface area contributed by atoms with E-state index in [0.717, 1.165) is 63.5 Å². The number of piperazine rings is 1. The Labute approximate surface area is 173 Å². The van der Waals surface area contributed by atoms with Gasteiger partial charge in [0.1, 0.15) is 5.65 Å². The van der Waals surface area contributed by atoms with E-state index < -0.39 is 0 Å². The summed E-state index contributed by atoms with van der Waals surface area (Å²) in [5, 5.41) is 3.43. The molecule has 6 nitrogen and oxygen atoms in total. The van der Waals surface area contributed by atoms with Crippen molar-refractivity contribution in [3.8, 4) is 0 Å². The first kappa shape index (κ1) is 22.0. The molecule has 2 fully saturated rings. The number of rotatable bonds is 3. The normalized spacial score (nSPS) is 23.5. The molecule has 150 valence electrons. The Morgan fingerprint density at radius 3 is 2.70 bits per heavy atom. The molecule has 0 spiro atoms. The zero-order valence-corrected chi connectivity index (χ0v) is 17.3. The van der Waals surface area contributed by atoms with E-state index in [1.54, 1.807) is 0 Å². The second kappa shape index (κ2) is 9.73. The fourth-order valence-corrected chi connectivity index (χ4v) is 4.03. The third-order valence-electron chi connectivity index (χ3n) is 5.46. The second-order valence-electron chi connectivity index (χ2n) is 7.38. The molecule has 4 heterocycles. The number of hydrogen-bond acceptors (Lipinski definition) is 4. The minimum Gasteiger partial charge on any atom is -0.340 e. The van der Waals surface area contributed by atoms with E-state index >= 15 is 0 Å². The average molecular weight is 414 g/mol. The molecule has 4 rings (SSSR count). The van der Waals surface area contributed by atoms with Crippen LogP contribution in [-0.2, 0) is 11.3 Å². The maximum absolute atomic E-state index is 12.7. The maximum atomic E-state index is 12.7. The highest BCUT2D eigenvalue weighted by atomic mass is 35.5. The number of nitrogens with zero attached hydrogens (tertiary/aromatic N) is 4. The van der Waals surface area contributed by atoms with Gasteiger partial charge in [0, 0.05) is 57.1 Å². The van der Waals surface area contributed by atoms with Gasteiger partial charge >= 0.3 is 0 Å². The summed E-state index contributed by atoms with van der Waals surface area (Å²) < 4.78 is 2.06. The summed E-state index contributed by atoms with van der Waals surface area (Å²) in [6, 6.07) is 6.52. The lowest BCUT2D eigenvalue weighted by molar-refractivity contribution is -0.138. The van der Waals surface area contributed by atoms with Crippen LogP contribution < -0.4 is 5.32 Å². The summed E-state index contributed by atoms with van der Waals surface area (Å²) in [6.45, 7) is 7.53. The summed E-state index contributed by atoms with van der Waals surface area (Å²) in [5.41, 5.74) is 2.09. The zero-order chi connectivity index (χ0) is 17.2. The quantitative estimate of drug-likeness (QED) is 0.837. The minimum atomic E-state index is 0. The highest BCUT2D eigenvalue weighted by Crippen LogP contribution is 2.20. The first-order valence-electron chi connectivity index (χ1n) is 9.36. The number of aromatic nitrogens is 2. The number of carbonyl (C=O) groups is 1. The van der Waals surface area contributed by atoms with Crippen molar-refractivity contribution in [2.45, 2.75) is 32.4 Å². The molecule has 2 aliphatic heterocycles. The molecule has 0 aromatic carbocycles. The van der Waals surface area contributed by atoms with Crippen LogP contribution in [-0.4, -0.2) is 63.9 Å². The molecule has 0 unspecified atom stereocenters. The Kier molecular flexibility index (Phi) is 7.91. The third-order valence-corrected chi connectivity index (χ3v) is 5.46. The van der Waals surface area contributed by atoms with Gasteiger partial charge < -0.3 is 14.6 Å². The van der Waals surface area contributed by atoms with E-state index in [1.165, 1.54) is 0 Å². The van der Waals surface area contributed by atoms with Gasteiger partial charge in [-0.15, -0.1) is 24.8 Å². The Balaban J connectivity index is 0.00000131. The van der Waals surface area contributed by atoms with Crippen molar-refractivity contribution in [2.24, 2.45) is 5.92 Å². The molecule has 0 aliphatic carbocycles. The van der Waals surface area contributed by atoms with Gasteiger partial charge in [0.15, 0.2) is 0 Å². The van der Waals surface area contributed by atoms with E-state index in [4.69, 9.17) is 0 Å². The Morgan fingerprint density at radius 2 is 2.00 bits per heavy atom. The number of carbonyl (C=O) groups excluding carboxylic acids is 1. The van der Waals surface area contributed by atoms with Gasteiger partial charge in [0.05, 0.1) is 5.69 Å². The largest absolute Gasteiger partial charge is 0.340 e. The SMILES string of the molecule is C[C@H]1C[C@@H](C(=O)N2CCN(Cc3cn4ccccc4n3)CC2)CCN1.Cl.Cl. The van der Waals surface area contributed by atoms with Gasteiger partial charge in [-0.3, -0.25) is 9.69 Å². The van der Waals surface area contributed by atoms with Crippen molar-refractivity contribution in [3.63, 3.8) is 0 Å². The number of pyridine rings is 1. The maximum Gasteiger partial charge on any atom is 0.225 e. The van der Waals surface area contributed by atoms with Crippen molar-refractivity contribution >= 4 is 36.4 Å². The van der Waals surface area contributed by atoms with Gasteiger partial charge in [-0.25, -0.2) is 4.98 Å². The van der Waals surface area contributed by atoms with Crippen LogP contribution in [0.3, 0.4) is 0 Å². The summed E-state index contributed by atoms with van der Waals surface area (Å²) >= 11 is 0. The van der Waals surface area contributed by atoms with Crippen LogP contribution in [0.25, 0.3) is 5.65 Å². The first-order valence-corrected chi connectivity index (χ1v) is 9.36. The molecule has 2 aliphatic rings. The van der Waals surface area contributed by atoms with Crippen LogP contribution in [0.15, 0.2) is 30.6 Å². The first-order chi connectivity index (χ1) is 12.2. The highest BCUT2D eigenvalue weighted by molar-refractivity contribution is 5.85. The Morgan fingerprint density at radius 1 is 1.22 bits per heavy atom. The number of halogens is 2. The molecule has 0 saturated carbocycles.